The molecule has 0 radical (unpaired) electrons. The van der Waals surface area contributed by atoms with Crippen LogP contribution in [0, 0.1) is 19.8 Å². The minimum Gasteiger partial charge on any atom is -0.339 e. The number of aryl methyl sites for hydroxylation is 2. The third-order valence-corrected chi connectivity index (χ3v) is 4.10. The lowest BCUT2D eigenvalue weighted by atomic mass is 9.99. The highest BCUT2D eigenvalue weighted by Gasteiger charge is 2.21. The number of H-pyrrole nitrogens is 1. The minimum atomic E-state index is 0.557. The number of nitrogens with zero attached hydrogens (tertiary/aromatic N) is 3. The van der Waals surface area contributed by atoms with Gasteiger partial charge in [-0.05, 0) is 51.3 Å². The van der Waals surface area contributed by atoms with Crippen molar-refractivity contribution >= 4 is 5.95 Å². The molecule has 2 aromatic rings. The molecule has 2 heterocycles. The van der Waals surface area contributed by atoms with E-state index in [2.05, 4.69) is 52.1 Å². The summed E-state index contributed by atoms with van der Waals surface area (Å²) in [6, 6.07) is 6.43. The first-order valence-corrected chi connectivity index (χ1v) is 7.62. The van der Waals surface area contributed by atoms with E-state index in [9.17, 15) is 0 Å². The van der Waals surface area contributed by atoms with Gasteiger partial charge in [-0.3, -0.25) is 5.10 Å². The molecule has 1 atom stereocenters. The lowest BCUT2D eigenvalue weighted by molar-refractivity contribution is 0.420. The standard InChI is InChI=1S/C16H23N5/c1-11-6-12(2)8-14(7-11)15-18-16(20-19-15)21-5-3-4-13(9-17)10-21/h6-8,13H,3-5,9-10,17H2,1-2H3,(H,18,19,20). The fraction of sp³-hybridized carbons (Fsp3) is 0.500. The summed E-state index contributed by atoms with van der Waals surface area (Å²) in [6.07, 6.45) is 2.37. The molecule has 1 fully saturated rings. The van der Waals surface area contributed by atoms with E-state index in [0.29, 0.717) is 5.92 Å². The number of anilines is 1. The molecule has 1 unspecified atom stereocenters. The first-order valence-electron chi connectivity index (χ1n) is 7.62. The van der Waals surface area contributed by atoms with Crippen molar-refractivity contribution in [1.29, 1.82) is 0 Å². The molecule has 3 rings (SSSR count). The number of piperidine rings is 1. The van der Waals surface area contributed by atoms with E-state index in [0.717, 1.165) is 43.4 Å². The van der Waals surface area contributed by atoms with Crippen molar-refractivity contribution in [2.75, 3.05) is 24.5 Å². The van der Waals surface area contributed by atoms with Gasteiger partial charge in [0.15, 0.2) is 5.82 Å². The summed E-state index contributed by atoms with van der Waals surface area (Å²) in [6.45, 7) is 6.92. The summed E-state index contributed by atoms with van der Waals surface area (Å²) >= 11 is 0. The van der Waals surface area contributed by atoms with Crippen LogP contribution in [0.25, 0.3) is 11.4 Å². The number of aromatic amines is 1. The van der Waals surface area contributed by atoms with Gasteiger partial charge in [-0.15, -0.1) is 5.10 Å². The maximum Gasteiger partial charge on any atom is 0.245 e. The van der Waals surface area contributed by atoms with E-state index in [-0.39, 0.29) is 0 Å². The van der Waals surface area contributed by atoms with Crippen LogP contribution in [0.15, 0.2) is 18.2 Å². The predicted molar refractivity (Wildman–Crippen MR) is 85.3 cm³/mol. The highest BCUT2D eigenvalue weighted by Crippen LogP contribution is 2.23. The Kier molecular flexibility index (Phi) is 3.92. The van der Waals surface area contributed by atoms with E-state index in [4.69, 9.17) is 5.73 Å². The number of hydrogen-bond donors (Lipinski definition) is 2. The number of aromatic nitrogens is 3. The molecular formula is C16H23N5. The number of nitrogens with one attached hydrogen (secondary N) is 1. The summed E-state index contributed by atoms with van der Waals surface area (Å²) in [5, 5.41) is 7.47. The maximum absolute atomic E-state index is 5.80. The van der Waals surface area contributed by atoms with Crippen LogP contribution >= 0.6 is 0 Å². The molecule has 0 saturated carbocycles. The highest BCUT2D eigenvalue weighted by molar-refractivity contribution is 5.58. The molecule has 21 heavy (non-hydrogen) atoms. The van der Waals surface area contributed by atoms with Gasteiger partial charge in [0.1, 0.15) is 0 Å². The molecule has 5 heteroatoms. The van der Waals surface area contributed by atoms with Crippen LogP contribution in [0.5, 0.6) is 0 Å². The van der Waals surface area contributed by atoms with E-state index in [1.54, 1.807) is 0 Å². The molecule has 1 aliphatic heterocycles. The monoisotopic (exact) mass is 285 g/mol. The van der Waals surface area contributed by atoms with Crippen LogP contribution in [-0.2, 0) is 0 Å². The second kappa shape index (κ2) is 5.85. The normalized spacial score (nSPS) is 19.0. The lowest BCUT2D eigenvalue weighted by Gasteiger charge is -2.31. The topological polar surface area (TPSA) is 70.8 Å². The zero-order valence-corrected chi connectivity index (χ0v) is 12.8. The van der Waals surface area contributed by atoms with Crippen molar-refractivity contribution < 1.29 is 0 Å². The van der Waals surface area contributed by atoms with Crippen LogP contribution in [0.4, 0.5) is 5.95 Å². The summed E-state index contributed by atoms with van der Waals surface area (Å²) in [5.41, 5.74) is 9.37. The molecule has 0 spiro atoms. The average Bonchev–Trinajstić information content (AvgIpc) is 2.96. The third-order valence-electron chi connectivity index (χ3n) is 4.10. The lowest BCUT2D eigenvalue weighted by Crippen LogP contribution is -2.38. The first kappa shape index (κ1) is 14.1. The predicted octanol–water partition coefficient (Wildman–Crippen LogP) is 2.26. The van der Waals surface area contributed by atoms with Gasteiger partial charge in [-0.2, -0.15) is 4.98 Å². The van der Waals surface area contributed by atoms with Gasteiger partial charge < -0.3 is 10.6 Å². The molecule has 1 aliphatic rings. The van der Waals surface area contributed by atoms with Crippen LogP contribution in [0.3, 0.4) is 0 Å². The van der Waals surface area contributed by atoms with Gasteiger partial charge in [0.05, 0.1) is 0 Å². The molecule has 112 valence electrons. The van der Waals surface area contributed by atoms with Gasteiger partial charge in [-0.1, -0.05) is 17.2 Å². The number of nitrogens with two attached hydrogens (primary N) is 1. The van der Waals surface area contributed by atoms with Crippen LogP contribution in [0.1, 0.15) is 24.0 Å². The Hall–Kier alpha value is -1.88. The first-order chi connectivity index (χ1) is 10.2. The largest absolute Gasteiger partial charge is 0.339 e. The Morgan fingerprint density at radius 3 is 2.76 bits per heavy atom. The summed E-state index contributed by atoms with van der Waals surface area (Å²) in [5.74, 6) is 2.19. The summed E-state index contributed by atoms with van der Waals surface area (Å²) < 4.78 is 0. The fourth-order valence-corrected chi connectivity index (χ4v) is 3.07. The fourth-order valence-electron chi connectivity index (χ4n) is 3.07. The van der Waals surface area contributed by atoms with Crippen molar-refractivity contribution in [1.82, 2.24) is 15.2 Å². The van der Waals surface area contributed by atoms with E-state index in [1.165, 1.54) is 17.5 Å². The molecule has 0 bridgehead atoms. The van der Waals surface area contributed by atoms with E-state index >= 15 is 0 Å². The Morgan fingerprint density at radius 1 is 1.29 bits per heavy atom. The van der Waals surface area contributed by atoms with E-state index < -0.39 is 0 Å². The third kappa shape index (κ3) is 3.08. The molecule has 3 N–H and O–H groups in total. The average molecular weight is 285 g/mol. The number of rotatable bonds is 3. The second-order valence-electron chi connectivity index (χ2n) is 6.05. The van der Waals surface area contributed by atoms with Crippen molar-refractivity contribution in [3.63, 3.8) is 0 Å². The quantitative estimate of drug-likeness (QED) is 0.907. The van der Waals surface area contributed by atoms with Crippen molar-refractivity contribution in [2.24, 2.45) is 11.7 Å². The van der Waals surface area contributed by atoms with Crippen LogP contribution in [-0.4, -0.2) is 34.8 Å². The number of hydrogen-bond acceptors (Lipinski definition) is 4. The zero-order valence-electron chi connectivity index (χ0n) is 12.8. The molecule has 0 amide bonds. The second-order valence-corrected chi connectivity index (χ2v) is 6.05. The Bertz CT molecular complexity index is 599. The minimum absolute atomic E-state index is 0.557. The molecule has 5 nitrogen and oxygen atoms in total. The highest BCUT2D eigenvalue weighted by atomic mass is 15.4. The Labute approximate surface area is 125 Å². The maximum atomic E-state index is 5.80. The van der Waals surface area contributed by atoms with Gasteiger partial charge in [0.25, 0.3) is 0 Å². The van der Waals surface area contributed by atoms with Crippen molar-refractivity contribution in [3.8, 4) is 11.4 Å². The molecular weight excluding hydrogens is 262 g/mol. The summed E-state index contributed by atoms with van der Waals surface area (Å²) in [4.78, 5) is 6.91. The van der Waals surface area contributed by atoms with Gasteiger partial charge in [0.2, 0.25) is 5.95 Å². The van der Waals surface area contributed by atoms with Gasteiger partial charge in [0, 0.05) is 18.7 Å². The SMILES string of the molecule is Cc1cc(C)cc(-c2nc(N3CCCC(CN)C3)n[nH]2)c1. The smallest absolute Gasteiger partial charge is 0.245 e. The zero-order chi connectivity index (χ0) is 14.8. The van der Waals surface area contributed by atoms with Crippen molar-refractivity contribution in [3.05, 3.63) is 29.3 Å². The van der Waals surface area contributed by atoms with Gasteiger partial charge >= 0.3 is 0 Å². The van der Waals surface area contributed by atoms with Crippen LogP contribution in [0.2, 0.25) is 0 Å². The number of benzene rings is 1. The molecule has 1 saturated heterocycles. The Morgan fingerprint density at radius 2 is 2.05 bits per heavy atom. The van der Waals surface area contributed by atoms with Crippen LogP contribution < -0.4 is 10.6 Å². The summed E-state index contributed by atoms with van der Waals surface area (Å²) in [7, 11) is 0. The van der Waals surface area contributed by atoms with Gasteiger partial charge in [-0.25, -0.2) is 0 Å². The molecule has 1 aromatic carbocycles. The van der Waals surface area contributed by atoms with Crippen molar-refractivity contribution in [2.45, 2.75) is 26.7 Å². The van der Waals surface area contributed by atoms with E-state index in [1.807, 2.05) is 0 Å². The Balaban J connectivity index is 1.82. The molecule has 1 aromatic heterocycles. The molecule has 0 aliphatic carbocycles.